The molecule has 256 valence electrons. The van der Waals surface area contributed by atoms with Gasteiger partial charge < -0.3 is 33.5 Å². The molecule has 0 saturated carbocycles. The van der Waals surface area contributed by atoms with Gasteiger partial charge in [0.1, 0.15) is 17.5 Å². The van der Waals surface area contributed by atoms with Crippen molar-refractivity contribution in [3.63, 3.8) is 0 Å². The Kier molecular flexibility index (Phi) is 11.2. The van der Waals surface area contributed by atoms with Crippen molar-refractivity contribution in [3.8, 4) is 23.0 Å². The van der Waals surface area contributed by atoms with E-state index >= 15 is 0 Å². The molecular weight excluding hydrogens is 636 g/mol. The first-order valence-corrected chi connectivity index (χ1v) is 16.8. The van der Waals surface area contributed by atoms with Crippen LogP contribution in [-0.2, 0) is 14.3 Å². The number of fused-ring (bicyclic) bond motifs is 1. The summed E-state index contributed by atoms with van der Waals surface area (Å²) < 4.78 is 30.3. The Hall–Kier alpha value is -4.62. The van der Waals surface area contributed by atoms with Crippen LogP contribution in [-0.4, -0.2) is 93.0 Å². The molecule has 2 amide bonds. The second-order valence-corrected chi connectivity index (χ2v) is 12.1. The molecule has 3 heterocycles. The lowest BCUT2D eigenvalue weighted by Crippen LogP contribution is -2.43. The molecule has 12 nitrogen and oxygen atoms in total. The molecule has 0 spiro atoms. The lowest BCUT2D eigenvalue weighted by Gasteiger charge is -2.30. The van der Waals surface area contributed by atoms with Crippen molar-refractivity contribution in [2.75, 3.05) is 66.8 Å². The molecule has 5 rings (SSSR count). The number of carbonyl (C=O) groups excluding carboxylic acids is 2. The highest BCUT2D eigenvalue weighted by atomic mass is 32.1. The van der Waals surface area contributed by atoms with Gasteiger partial charge in [0.05, 0.1) is 49.8 Å². The molecule has 1 atom stereocenters. The zero-order valence-corrected chi connectivity index (χ0v) is 29.1. The summed E-state index contributed by atoms with van der Waals surface area (Å²) in [5.41, 5.74) is 1.93. The number of benzene rings is 2. The van der Waals surface area contributed by atoms with Crippen LogP contribution < -0.4 is 33.8 Å². The van der Waals surface area contributed by atoms with Crippen LogP contribution in [0.15, 0.2) is 57.5 Å². The molecule has 0 N–H and O–H groups in total. The van der Waals surface area contributed by atoms with Crippen LogP contribution in [0.4, 0.5) is 0 Å². The second-order valence-electron chi connectivity index (χ2n) is 11.1. The fourth-order valence-electron chi connectivity index (χ4n) is 5.82. The number of aromatic nitrogens is 1. The van der Waals surface area contributed by atoms with Crippen LogP contribution in [0.25, 0.3) is 6.08 Å². The van der Waals surface area contributed by atoms with Gasteiger partial charge >= 0.3 is 0 Å². The predicted octanol–water partition coefficient (Wildman–Crippen LogP) is 2.76. The molecule has 0 unspecified atom stereocenters. The Morgan fingerprint density at radius 2 is 1.73 bits per heavy atom. The number of nitrogens with zero attached hydrogens (tertiary/aromatic N) is 4. The molecule has 0 aliphatic carbocycles. The summed E-state index contributed by atoms with van der Waals surface area (Å²) in [6, 6.07) is 9.85. The van der Waals surface area contributed by atoms with Crippen molar-refractivity contribution in [1.29, 1.82) is 0 Å². The predicted molar refractivity (Wildman–Crippen MR) is 182 cm³/mol. The molecule has 0 bridgehead atoms. The minimum absolute atomic E-state index is 0.123. The summed E-state index contributed by atoms with van der Waals surface area (Å²) in [6.07, 6.45) is 1.76. The molecule has 1 aromatic heterocycles. The van der Waals surface area contributed by atoms with Gasteiger partial charge in [0.25, 0.3) is 17.4 Å². The minimum Gasteiger partial charge on any atom is -0.497 e. The number of carbonyl (C=O) groups is 2. The number of allylic oxidation sites excluding steroid dienone is 1. The van der Waals surface area contributed by atoms with Crippen molar-refractivity contribution in [3.05, 3.63) is 78.5 Å². The molecule has 3 aromatic rings. The Balaban J connectivity index is 1.57. The summed E-state index contributed by atoms with van der Waals surface area (Å²) in [5, 5.41) is 0. The van der Waals surface area contributed by atoms with Crippen molar-refractivity contribution in [2.24, 2.45) is 4.99 Å². The van der Waals surface area contributed by atoms with E-state index in [1.165, 1.54) is 11.3 Å². The number of morpholine rings is 1. The summed E-state index contributed by atoms with van der Waals surface area (Å²) in [5.74, 6) is 1.64. The summed E-state index contributed by atoms with van der Waals surface area (Å²) in [7, 11) is 3.12. The Morgan fingerprint density at radius 3 is 2.40 bits per heavy atom. The molecular formula is C35H42N4O8S. The lowest BCUT2D eigenvalue weighted by molar-refractivity contribution is -0.137. The van der Waals surface area contributed by atoms with E-state index in [0.29, 0.717) is 101 Å². The number of amides is 2. The van der Waals surface area contributed by atoms with Gasteiger partial charge in [-0.05, 0) is 69.7 Å². The van der Waals surface area contributed by atoms with E-state index in [1.807, 2.05) is 20.8 Å². The Labute approximate surface area is 283 Å². The van der Waals surface area contributed by atoms with E-state index in [0.717, 1.165) is 0 Å². The second kappa shape index (κ2) is 15.5. The summed E-state index contributed by atoms with van der Waals surface area (Å²) in [6.45, 7) is 10.8. The van der Waals surface area contributed by atoms with Gasteiger partial charge in [0, 0.05) is 31.7 Å². The molecule has 2 aliphatic heterocycles. The number of hydrogen-bond acceptors (Lipinski definition) is 10. The maximum Gasteiger partial charge on any atom is 0.271 e. The highest BCUT2D eigenvalue weighted by Gasteiger charge is 2.36. The van der Waals surface area contributed by atoms with Gasteiger partial charge in [0.2, 0.25) is 0 Å². The standard InChI is InChI=1S/C35H42N4O8S/c1-7-37(8-2)34(42)31-22(4)36-35-39(32(31)25-20-24(43-5)11-13-26(25)44-6)33(41)29(48-35)19-23-10-12-27(28(18-23)46-9-3)47-21-30(40)38-14-16-45-17-15-38/h10-13,18-20,32H,7-9,14-17,21H2,1-6H3/b29-19-/t32-/m1/s1. The van der Waals surface area contributed by atoms with E-state index in [-0.39, 0.29) is 24.0 Å². The molecule has 2 aliphatic rings. The first kappa shape index (κ1) is 34.7. The van der Waals surface area contributed by atoms with Crippen molar-refractivity contribution < 1.29 is 33.3 Å². The number of hydrogen-bond donors (Lipinski definition) is 0. The first-order valence-electron chi connectivity index (χ1n) is 16.0. The maximum absolute atomic E-state index is 14.3. The molecule has 13 heteroatoms. The first-order chi connectivity index (χ1) is 23.2. The average Bonchev–Trinajstić information content (AvgIpc) is 3.41. The zero-order chi connectivity index (χ0) is 34.4. The highest BCUT2D eigenvalue weighted by molar-refractivity contribution is 7.07. The van der Waals surface area contributed by atoms with Gasteiger partial charge in [-0.15, -0.1) is 0 Å². The van der Waals surface area contributed by atoms with Crippen molar-refractivity contribution in [1.82, 2.24) is 14.4 Å². The van der Waals surface area contributed by atoms with Crippen LogP contribution >= 0.6 is 11.3 Å². The van der Waals surface area contributed by atoms with Crippen LogP contribution in [0, 0.1) is 0 Å². The highest BCUT2D eigenvalue weighted by Crippen LogP contribution is 2.38. The van der Waals surface area contributed by atoms with E-state index in [1.54, 1.807) is 78.0 Å². The number of thiazole rings is 1. The van der Waals surface area contributed by atoms with Gasteiger partial charge in [0.15, 0.2) is 22.9 Å². The Morgan fingerprint density at radius 1 is 1.00 bits per heavy atom. The SMILES string of the molecule is CCOc1cc(/C=c2\sc3n(c2=O)[C@H](c2cc(OC)ccc2OC)C(C(=O)N(CC)CC)=C(C)N=3)ccc1OCC(=O)N1CCOCC1. The van der Waals surface area contributed by atoms with Gasteiger partial charge in [-0.3, -0.25) is 19.0 Å². The fraction of sp³-hybridized carbons (Fsp3) is 0.429. The third-order valence-electron chi connectivity index (χ3n) is 8.31. The Bertz CT molecular complexity index is 1870. The number of ether oxygens (including phenoxy) is 5. The fourth-order valence-corrected chi connectivity index (χ4v) is 6.87. The average molecular weight is 679 g/mol. The molecule has 0 radical (unpaired) electrons. The van der Waals surface area contributed by atoms with Gasteiger partial charge in [-0.25, -0.2) is 4.99 Å². The lowest BCUT2D eigenvalue weighted by atomic mass is 9.93. The van der Waals surface area contributed by atoms with E-state index in [9.17, 15) is 14.4 Å². The summed E-state index contributed by atoms with van der Waals surface area (Å²) in [4.78, 5) is 49.6. The van der Waals surface area contributed by atoms with E-state index in [4.69, 9.17) is 28.7 Å². The largest absolute Gasteiger partial charge is 0.497 e. The zero-order valence-electron chi connectivity index (χ0n) is 28.2. The monoisotopic (exact) mass is 678 g/mol. The van der Waals surface area contributed by atoms with E-state index in [2.05, 4.69) is 0 Å². The van der Waals surface area contributed by atoms with Crippen LogP contribution in [0.1, 0.15) is 44.9 Å². The third-order valence-corrected chi connectivity index (χ3v) is 9.30. The van der Waals surface area contributed by atoms with Gasteiger partial charge in [-0.2, -0.15) is 0 Å². The van der Waals surface area contributed by atoms with Crippen molar-refractivity contribution >= 4 is 29.2 Å². The molecule has 2 aromatic carbocycles. The normalized spacial score (nSPS) is 16.2. The minimum atomic E-state index is -0.805. The quantitative estimate of drug-likeness (QED) is 0.287. The molecule has 1 saturated heterocycles. The number of likely N-dealkylation sites (N-methyl/N-ethyl adjacent to an activating group) is 1. The van der Waals surface area contributed by atoms with Crippen LogP contribution in [0.5, 0.6) is 23.0 Å². The third kappa shape index (κ3) is 7.12. The number of rotatable bonds is 12. The van der Waals surface area contributed by atoms with Crippen LogP contribution in [0.3, 0.4) is 0 Å². The maximum atomic E-state index is 14.3. The topological polar surface area (TPSA) is 121 Å². The number of methoxy groups -OCH3 is 2. The van der Waals surface area contributed by atoms with E-state index < -0.39 is 6.04 Å². The molecule has 1 fully saturated rings. The van der Waals surface area contributed by atoms with Gasteiger partial charge in [-0.1, -0.05) is 17.4 Å². The summed E-state index contributed by atoms with van der Waals surface area (Å²) >= 11 is 1.23. The smallest absolute Gasteiger partial charge is 0.271 e. The molecule has 48 heavy (non-hydrogen) atoms. The van der Waals surface area contributed by atoms with Crippen LogP contribution in [0.2, 0.25) is 0 Å². The van der Waals surface area contributed by atoms with Crippen molar-refractivity contribution in [2.45, 2.75) is 33.7 Å².